The number of nitrogens with zero attached hydrogens (tertiary/aromatic N) is 2. The first-order valence-electron chi connectivity index (χ1n) is 8.32. The predicted molar refractivity (Wildman–Crippen MR) is 82.0 cm³/mol. The van der Waals surface area contributed by atoms with Crippen LogP contribution in [-0.4, -0.2) is 40.1 Å². The Kier molecular flexibility index (Phi) is 4.58. The molecule has 1 atom stereocenters. The fourth-order valence-electron chi connectivity index (χ4n) is 3.54. The smallest absolute Gasteiger partial charge is 0.223 e. The maximum atomic E-state index is 12.4. The van der Waals surface area contributed by atoms with E-state index >= 15 is 0 Å². The van der Waals surface area contributed by atoms with Crippen molar-refractivity contribution in [3.8, 4) is 0 Å². The largest absolute Gasteiger partial charge is 0.341 e. The van der Waals surface area contributed by atoms with Gasteiger partial charge in [0, 0.05) is 37.7 Å². The Morgan fingerprint density at radius 2 is 2.14 bits per heavy atom. The highest BCUT2D eigenvalue weighted by Gasteiger charge is 2.21. The minimum absolute atomic E-state index is 0.148. The van der Waals surface area contributed by atoms with Crippen LogP contribution in [-0.2, 0) is 24.1 Å². The number of fused-ring (bicyclic) bond motifs is 1. The minimum Gasteiger partial charge on any atom is -0.341 e. The molecule has 0 spiro atoms. The molecular weight excluding hydrogens is 264 g/mol. The second-order valence-electron chi connectivity index (χ2n) is 6.43. The molecule has 1 saturated heterocycles. The van der Waals surface area contributed by atoms with E-state index in [0.29, 0.717) is 6.42 Å². The molecule has 1 aromatic heterocycles. The highest BCUT2D eigenvalue weighted by molar-refractivity contribution is 5.76. The Morgan fingerprint density at radius 3 is 3.05 bits per heavy atom. The molecule has 1 amide bonds. The fraction of sp³-hybridized carbons (Fsp3) is 0.750. The fourth-order valence-corrected chi connectivity index (χ4v) is 3.54. The number of aromatic nitrogens is 2. The van der Waals surface area contributed by atoms with Gasteiger partial charge >= 0.3 is 0 Å². The van der Waals surface area contributed by atoms with Crippen LogP contribution in [0.4, 0.5) is 0 Å². The van der Waals surface area contributed by atoms with Crippen LogP contribution in [0.5, 0.6) is 0 Å². The number of carbonyl (C=O) groups excluding carboxylic acids is 1. The van der Waals surface area contributed by atoms with Crippen LogP contribution in [0.15, 0.2) is 0 Å². The number of amides is 1. The van der Waals surface area contributed by atoms with Crippen LogP contribution in [0, 0.1) is 0 Å². The number of nitrogens with one attached hydrogen (secondary N) is 1. The second-order valence-corrected chi connectivity index (χ2v) is 6.43. The number of hydrogen-bond acceptors (Lipinski definition) is 3. The van der Waals surface area contributed by atoms with Gasteiger partial charge in [0.15, 0.2) is 0 Å². The Bertz CT molecular complexity index is 496. The summed E-state index contributed by atoms with van der Waals surface area (Å²) in [6.45, 7) is 1.59. The van der Waals surface area contributed by atoms with Crippen molar-refractivity contribution in [1.82, 2.24) is 15.1 Å². The zero-order chi connectivity index (χ0) is 14.7. The molecule has 0 unspecified atom stereocenters. The molecule has 2 aliphatic rings. The third-order valence-corrected chi connectivity index (χ3v) is 4.78. The van der Waals surface area contributed by atoms with Gasteiger partial charge in [-0.05, 0) is 44.1 Å². The quantitative estimate of drug-likeness (QED) is 0.887. The minimum atomic E-state index is 0.148. The Hall–Kier alpha value is -1.36. The Balaban J connectivity index is 1.57. The second kappa shape index (κ2) is 6.60. The van der Waals surface area contributed by atoms with Gasteiger partial charge in [0.25, 0.3) is 0 Å². The number of aromatic amines is 1. The molecule has 1 aromatic rings. The maximum absolute atomic E-state index is 12.4. The van der Waals surface area contributed by atoms with E-state index in [1.165, 1.54) is 24.1 Å². The van der Waals surface area contributed by atoms with Crippen LogP contribution < -0.4 is 5.73 Å². The third kappa shape index (κ3) is 3.46. The molecule has 3 rings (SSSR count). The summed E-state index contributed by atoms with van der Waals surface area (Å²) in [6, 6.07) is 0.148. The molecule has 0 bridgehead atoms. The van der Waals surface area contributed by atoms with Gasteiger partial charge in [-0.3, -0.25) is 9.89 Å². The molecule has 5 heteroatoms. The van der Waals surface area contributed by atoms with Gasteiger partial charge in [-0.1, -0.05) is 6.42 Å². The predicted octanol–water partition coefficient (Wildman–Crippen LogP) is 1.56. The van der Waals surface area contributed by atoms with Crippen molar-refractivity contribution in [2.24, 2.45) is 5.73 Å². The van der Waals surface area contributed by atoms with E-state index in [0.717, 1.165) is 57.3 Å². The van der Waals surface area contributed by atoms with Crippen LogP contribution in [0.3, 0.4) is 0 Å². The molecular formula is C16H26N4O. The third-order valence-electron chi connectivity index (χ3n) is 4.78. The number of rotatable bonds is 3. The topological polar surface area (TPSA) is 75.0 Å². The molecule has 0 radical (unpaired) electrons. The summed E-state index contributed by atoms with van der Waals surface area (Å²) >= 11 is 0. The van der Waals surface area contributed by atoms with E-state index in [2.05, 4.69) is 10.2 Å². The van der Waals surface area contributed by atoms with Crippen molar-refractivity contribution in [3.63, 3.8) is 0 Å². The number of nitrogens with two attached hydrogens (primary N) is 1. The van der Waals surface area contributed by atoms with Crippen molar-refractivity contribution in [2.45, 2.75) is 63.8 Å². The number of H-pyrrole nitrogens is 1. The van der Waals surface area contributed by atoms with Crippen LogP contribution >= 0.6 is 0 Å². The molecule has 1 aliphatic carbocycles. The first-order chi connectivity index (χ1) is 10.2. The zero-order valence-electron chi connectivity index (χ0n) is 12.7. The molecule has 116 valence electrons. The van der Waals surface area contributed by atoms with E-state index < -0.39 is 0 Å². The van der Waals surface area contributed by atoms with Gasteiger partial charge in [0.1, 0.15) is 0 Å². The lowest BCUT2D eigenvalue weighted by Crippen LogP contribution is -2.39. The van der Waals surface area contributed by atoms with Crippen LogP contribution in [0.25, 0.3) is 0 Å². The summed E-state index contributed by atoms with van der Waals surface area (Å²) in [7, 11) is 0. The average Bonchev–Trinajstić information content (AvgIpc) is 2.78. The summed E-state index contributed by atoms with van der Waals surface area (Å²) < 4.78 is 0. The average molecular weight is 290 g/mol. The first kappa shape index (κ1) is 14.6. The summed E-state index contributed by atoms with van der Waals surface area (Å²) in [5, 5.41) is 7.58. The SMILES string of the molecule is N[C@H]1CCCCN(C(=O)CCc2n[nH]c3c2CCCC3)C1. The van der Waals surface area contributed by atoms with Crippen molar-refractivity contribution >= 4 is 5.91 Å². The van der Waals surface area contributed by atoms with Gasteiger partial charge in [-0.15, -0.1) is 0 Å². The lowest BCUT2D eigenvalue weighted by molar-refractivity contribution is -0.131. The standard InChI is InChI=1S/C16H26N4O/c17-12-5-3-4-10-20(11-12)16(21)9-8-15-13-6-1-2-7-14(13)18-19-15/h12H,1-11,17H2,(H,18,19)/t12-/m0/s1. The van der Waals surface area contributed by atoms with Gasteiger partial charge in [-0.2, -0.15) is 5.10 Å². The number of carbonyl (C=O) groups is 1. The molecule has 2 heterocycles. The van der Waals surface area contributed by atoms with Crippen LogP contribution in [0.1, 0.15) is 55.5 Å². The zero-order valence-corrected chi connectivity index (χ0v) is 12.7. The monoisotopic (exact) mass is 290 g/mol. The van der Waals surface area contributed by atoms with E-state index in [4.69, 9.17) is 5.73 Å². The Labute approximate surface area is 126 Å². The summed E-state index contributed by atoms with van der Waals surface area (Å²) in [5.74, 6) is 0.236. The van der Waals surface area contributed by atoms with E-state index in [9.17, 15) is 4.79 Å². The number of hydrogen-bond donors (Lipinski definition) is 2. The molecule has 1 aliphatic heterocycles. The number of aryl methyl sites for hydroxylation is 2. The van der Waals surface area contributed by atoms with Gasteiger partial charge in [0.05, 0.1) is 5.69 Å². The number of likely N-dealkylation sites (tertiary alicyclic amines) is 1. The maximum Gasteiger partial charge on any atom is 0.223 e. The van der Waals surface area contributed by atoms with Gasteiger partial charge in [0.2, 0.25) is 5.91 Å². The summed E-state index contributed by atoms with van der Waals surface area (Å²) in [5.41, 5.74) is 9.81. The van der Waals surface area contributed by atoms with Crippen molar-refractivity contribution in [1.29, 1.82) is 0 Å². The van der Waals surface area contributed by atoms with E-state index in [-0.39, 0.29) is 11.9 Å². The van der Waals surface area contributed by atoms with Crippen molar-refractivity contribution in [2.75, 3.05) is 13.1 Å². The lowest BCUT2D eigenvalue weighted by Gasteiger charge is -2.22. The molecule has 0 saturated carbocycles. The van der Waals surface area contributed by atoms with Crippen molar-refractivity contribution in [3.05, 3.63) is 17.0 Å². The van der Waals surface area contributed by atoms with E-state index in [1.807, 2.05) is 4.90 Å². The summed E-state index contributed by atoms with van der Waals surface area (Å²) in [4.78, 5) is 14.3. The Morgan fingerprint density at radius 1 is 1.29 bits per heavy atom. The molecule has 3 N–H and O–H groups in total. The van der Waals surface area contributed by atoms with Gasteiger partial charge in [-0.25, -0.2) is 0 Å². The van der Waals surface area contributed by atoms with Crippen molar-refractivity contribution < 1.29 is 4.79 Å². The molecule has 1 fully saturated rings. The van der Waals surface area contributed by atoms with Gasteiger partial charge < -0.3 is 10.6 Å². The first-order valence-corrected chi connectivity index (χ1v) is 8.32. The normalized spacial score (nSPS) is 22.7. The van der Waals surface area contributed by atoms with Crippen LogP contribution in [0.2, 0.25) is 0 Å². The lowest BCUT2D eigenvalue weighted by atomic mass is 9.94. The summed E-state index contributed by atoms with van der Waals surface area (Å²) in [6.07, 6.45) is 9.29. The highest BCUT2D eigenvalue weighted by Crippen LogP contribution is 2.23. The highest BCUT2D eigenvalue weighted by atomic mass is 16.2. The van der Waals surface area contributed by atoms with E-state index in [1.54, 1.807) is 0 Å². The molecule has 5 nitrogen and oxygen atoms in total. The molecule has 21 heavy (non-hydrogen) atoms. The molecule has 0 aromatic carbocycles.